The minimum atomic E-state index is 0.0421. The van der Waals surface area contributed by atoms with E-state index < -0.39 is 0 Å². The molecule has 1 aliphatic heterocycles. The fourth-order valence-corrected chi connectivity index (χ4v) is 2.84. The van der Waals surface area contributed by atoms with Crippen molar-refractivity contribution in [2.24, 2.45) is 0 Å². The van der Waals surface area contributed by atoms with Gasteiger partial charge in [-0.2, -0.15) is 0 Å². The van der Waals surface area contributed by atoms with Crippen LogP contribution < -0.4 is 20.5 Å². The molecule has 1 aromatic carbocycles. The Bertz CT molecular complexity index is 700. The van der Waals surface area contributed by atoms with Gasteiger partial charge in [0.05, 0.1) is 7.11 Å². The van der Waals surface area contributed by atoms with Crippen molar-refractivity contribution in [1.82, 2.24) is 5.32 Å². The molecule has 1 N–H and O–H groups in total. The molecule has 0 radical (unpaired) electrons. The van der Waals surface area contributed by atoms with Gasteiger partial charge in [0.15, 0.2) is 0 Å². The summed E-state index contributed by atoms with van der Waals surface area (Å²) in [6.45, 7) is 0.989. The number of hydrogen-bond donors (Lipinski definition) is 1. The van der Waals surface area contributed by atoms with Gasteiger partial charge in [-0.15, -0.1) is 0 Å². The molecular formula is C18H21NO2. The maximum atomic E-state index is 6.22. The lowest BCUT2D eigenvalue weighted by atomic mass is 9.97. The van der Waals surface area contributed by atoms with Gasteiger partial charge in [-0.1, -0.05) is 24.3 Å². The number of benzene rings is 1. The zero-order chi connectivity index (χ0) is 14.7. The highest BCUT2D eigenvalue weighted by Crippen LogP contribution is 2.23. The van der Waals surface area contributed by atoms with Crippen LogP contribution in [-0.2, 0) is 4.74 Å². The van der Waals surface area contributed by atoms with E-state index in [1.54, 1.807) is 7.11 Å². The van der Waals surface area contributed by atoms with Gasteiger partial charge in [-0.05, 0) is 43.4 Å². The minimum Gasteiger partial charge on any atom is -0.497 e. The van der Waals surface area contributed by atoms with E-state index in [0.717, 1.165) is 36.1 Å². The summed E-state index contributed by atoms with van der Waals surface area (Å²) in [5, 5.41) is 5.61. The lowest BCUT2D eigenvalue weighted by Gasteiger charge is -2.25. The number of fused-ring (bicyclic) bond motifs is 2. The second kappa shape index (κ2) is 6.19. The van der Waals surface area contributed by atoms with Gasteiger partial charge in [-0.3, -0.25) is 0 Å². The van der Waals surface area contributed by atoms with Gasteiger partial charge in [0.1, 0.15) is 17.6 Å². The molecule has 3 heteroatoms. The lowest BCUT2D eigenvalue weighted by molar-refractivity contribution is 0.242. The van der Waals surface area contributed by atoms with E-state index in [9.17, 15) is 0 Å². The molecule has 0 aromatic heterocycles. The van der Waals surface area contributed by atoms with Gasteiger partial charge in [0.2, 0.25) is 0 Å². The Morgan fingerprint density at radius 3 is 2.95 bits per heavy atom. The zero-order valence-corrected chi connectivity index (χ0v) is 12.6. The van der Waals surface area contributed by atoms with Gasteiger partial charge < -0.3 is 14.8 Å². The number of hydrogen-bond acceptors (Lipinski definition) is 3. The molecule has 1 heterocycles. The smallest absolute Gasteiger partial charge is 0.142 e. The molecule has 21 heavy (non-hydrogen) atoms. The van der Waals surface area contributed by atoms with E-state index in [1.807, 2.05) is 19.2 Å². The SMILES string of the molecule is CNCCCC1=c2cc(OC)ccc2=C2C=CC=CC2O1. The first-order valence-electron chi connectivity index (χ1n) is 7.41. The Morgan fingerprint density at radius 2 is 2.14 bits per heavy atom. The zero-order valence-electron chi connectivity index (χ0n) is 12.6. The summed E-state index contributed by atoms with van der Waals surface area (Å²) in [6.07, 6.45) is 10.4. The van der Waals surface area contributed by atoms with Crippen LogP contribution in [0.25, 0.3) is 11.3 Å². The number of nitrogens with one attached hydrogen (secondary N) is 1. The standard InChI is InChI=1S/C18H21NO2/c1-19-11-5-8-18-16-12-13(20-2)9-10-14(16)15-6-3-4-7-17(15)21-18/h3-4,6-7,9-10,12,17,19H,5,8,11H2,1-2H3. The molecule has 0 spiro atoms. The molecule has 1 unspecified atom stereocenters. The molecule has 0 saturated heterocycles. The summed E-state index contributed by atoms with van der Waals surface area (Å²) in [7, 11) is 3.68. The topological polar surface area (TPSA) is 30.5 Å². The third-order valence-electron chi connectivity index (χ3n) is 3.92. The van der Waals surface area contributed by atoms with Crippen molar-refractivity contribution in [3.05, 3.63) is 52.9 Å². The fraction of sp³-hybridized carbons (Fsp3) is 0.333. The Kier molecular flexibility index (Phi) is 4.11. The van der Waals surface area contributed by atoms with E-state index >= 15 is 0 Å². The van der Waals surface area contributed by atoms with Gasteiger partial charge >= 0.3 is 0 Å². The summed E-state index contributed by atoms with van der Waals surface area (Å²) in [4.78, 5) is 0. The van der Waals surface area contributed by atoms with E-state index in [-0.39, 0.29) is 6.10 Å². The van der Waals surface area contributed by atoms with Crippen molar-refractivity contribution in [1.29, 1.82) is 0 Å². The first-order chi connectivity index (χ1) is 10.3. The number of ether oxygens (including phenoxy) is 2. The van der Waals surface area contributed by atoms with Gasteiger partial charge in [-0.25, -0.2) is 0 Å². The van der Waals surface area contributed by atoms with Crippen LogP contribution in [-0.4, -0.2) is 26.8 Å². The molecule has 1 aliphatic carbocycles. The summed E-state index contributed by atoms with van der Waals surface area (Å²) < 4.78 is 11.6. The van der Waals surface area contributed by atoms with Crippen molar-refractivity contribution in [2.75, 3.05) is 20.7 Å². The molecule has 0 bridgehead atoms. The lowest BCUT2D eigenvalue weighted by Crippen LogP contribution is -2.38. The van der Waals surface area contributed by atoms with Crippen LogP contribution in [0.4, 0.5) is 0 Å². The van der Waals surface area contributed by atoms with Crippen LogP contribution in [0.3, 0.4) is 0 Å². The van der Waals surface area contributed by atoms with Crippen LogP contribution >= 0.6 is 0 Å². The molecule has 2 aliphatic rings. The highest BCUT2D eigenvalue weighted by Gasteiger charge is 2.20. The van der Waals surface area contributed by atoms with Crippen LogP contribution in [0, 0.1) is 0 Å². The molecular weight excluding hydrogens is 262 g/mol. The van der Waals surface area contributed by atoms with Crippen LogP contribution in [0.5, 0.6) is 5.75 Å². The molecule has 3 nitrogen and oxygen atoms in total. The largest absolute Gasteiger partial charge is 0.497 e. The van der Waals surface area contributed by atoms with Crippen LogP contribution in [0.1, 0.15) is 12.8 Å². The number of methoxy groups -OCH3 is 1. The second-order valence-corrected chi connectivity index (χ2v) is 5.28. The van der Waals surface area contributed by atoms with E-state index in [0.29, 0.717) is 0 Å². The van der Waals surface area contributed by atoms with Crippen molar-refractivity contribution in [2.45, 2.75) is 18.9 Å². The highest BCUT2D eigenvalue weighted by atomic mass is 16.5. The third kappa shape index (κ3) is 2.74. The molecule has 1 aromatic rings. The quantitative estimate of drug-likeness (QED) is 0.830. The van der Waals surface area contributed by atoms with Crippen LogP contribution in [0.2, 0.25) is 0 Å². The van der Waals surface area contributed by atoms with E-state index in [2.05, 4.69) is 35.7 Å². The molecule has 1 atom stereocenters. The minimum absolute atomic E-state index is 0.0421. The summed E-state index contributed by atoms with van der Waals surface area (Å²) in [6, 6.07) is 6.24. The van der Waals surface area contributed by atoms with E-state index in [4.69, 9.17) is 9.47 Å². The normalized spacial score (nSPS) is 19.0. The maximum Gasteiger partial charge on any atom is 0.142 e. The highest BCUT2D eigenvalue weighted by molar-refractivity contribution is 5.69. The Morgan fingerprint density at radius 1 is 1.24 bits per heavy atom. The molecule has 0 fully saturated rings. The van der Waals surface area contributed by atoms with Crippen molar-refractivity contribution in [3.8, 4) is 5.75 Å². The Labute approximate surface area is 125 Å². The Hall–Kier alpha value is -2.00. The second-order valence-electron chi connectivity index (χ2n) is 5.28. The first-order valence-corrected chi connectivity index (χ1v) is 7.41. The average Bonchev–Trinajstić information content (AvgIpc) is 2.54. The molecule has 0 saturated carbocycles. The van der Waals surface area contributed by atoms with E-state index in [1.165, 1.54) is 10.8 Å². The van der Waals surface area contributed by atoms with Crippen molar-refractivity contribution in [3.63, 3.8) is 0 Å². The maximum absolute atomic E-state index is 6.22. The molecule has 3 rings (SSSR count). The number of rotatable bonds is 5. The van der Waals surface area contributed by atoms with Crippen molar-refractivity contribution < 1.29 is 9.47 Å². The summed E-state index contributed by atoms with van der Waals surface area (Å²) in [5.41, 5.74) is 1.23. The monoisotopic (exact) mass is 283 g/mol. The van der Waals surface area contributed by atoms with Gasteiger partial charge in [0.25, 0.3) is 0 Å². The average molecular weight is 283 g/mol. The predicted molar refractivity (Wildman–Crippen MR) is 85.4 cm³/mol. The third-order valence-corrected chi connectivity index (χ3v) is 3.92. The molecule has 110 valence electrons. The first kappa shape index (κ1) is 14.0. The fourth-order valence-electron chi connectivity index (χ4n) is 2.84. The Balaban J connectivity index is 2.13. The van der Waals surface area contributed by atoms with Crippen molar-refractivity contribution >= 4 is 11.3 Å². The molecule has 0 amide bonds. The number of allylic oxidation sites excluding steroid dienone is 2. The van der Waals surface area contributed by atoms with Gasteiger partial charge in [0, 0.05) is 17.2 Å². The predicted octanol–water partition coefficient (Wildman–Crippen LogP) is 1.48. The van der Waals surface area contributed by atoms with Crippen LogP contribution in [0.15, 0.2) is 42.5 Å². The summed E-state index contributed by atoms with van der Waals surface area (Å²) in [5.74, 6) is 1.94. The summed E-state index contributed by atoms with van der Waals surface area (Å²) >= 11 is 0.